The van der Waals surface area contributed by atoms with Gasteiger partial charge in [-0.2, -0.15) is 0 Å². The molecular weight excluding hydrogens is 699 g/mol. The van der Waals surface area contributed by atoms with Crippen LogP contribution in [0.2, 0.25) is 10.8 Å². The number of benzene rings is 2. The Balaban J connectivity index is 0.000000393. The molecule has 0 amide bonds. The molecule has 1 heterocycles. The van der Waals surface area contributed by atoms with Crippen LogP contribution in [-0.4, -0.2) is 4.70 Å². The van der Waals surface area contributed by atoms with Crippen molar-refractivity contribution in [3.63, 3.8) is 0 Å². The number of nitrogens with zero attached hydrogens (tertiary/aromatic N) is 2. The standard InChI is InChI=1S/C29H38N2.2C11H23.Ni/c1-5-8-13-23-15-11-17-25(20-23)28-22(4)27(19-10-7-3)29(31(28)30)26-18-12-16-24(21-26)14-9-6-2;2*1-3-5-7-9-11-10-8-6-4-2;/h11-12,15-18,20-21H,5-10,13-14,19H2,1-4H3;2*1,3-11H2,2H3;. The van der Waals surface area contributed by atoms with Gasteiger partial charge in [-0.15, -0.1) is 0 Å². The summed E-state index contributed by atoms with van der Waals surface area (Å²) in [7, 11) is 0. The van der Waals surface area contributed by atoms with E-state index in [9.17, 15) is 5.53 Å². The van der Waals surface area contributed by atoms with Gasteiger partial charge in [0.25, 0.3) is 0 Å². The minimum absolute atomic E-state index is 0.943. The molecule has 0 radical (unpaired) electrons. The summed E-state index contributed by atoms with van der Waals surface area (Å²) in [6, 6.07) is 17.5. The molecular formula is C51H84N2Ni. The Kier molecular flexibility index (Phi) is 28.7. The molecule has 2 aromatic rings. The van der Waals surface area contributed by atoms with Gasteiger partial charge in [0.15, 0.2) is 0 Å². The number of aryl methyl sites for hydroxylation is 2. The van der Waals surface area contributed by atoms with E-state index in [-0.39, 0.29) is 0 Å². The third kappa shape index (κ3) is 19.7. The number of hydrogen-bond donors (Lipinski definition) is 0. The summed E-state index contributed by atoms with van der Waals surface area (Å²) in [5, 5.41) is 2.86. The van der Waals surface area contributed by atoms with E-state index in [1.54, 1.807) is 0 Å². The Morgan fingerprint density at radius 3 is 1.24 bits per heavy atom. The van der Waals surface area contributed by atoms with Gasteiger partial charge in [0.1, 0.15) is 0 Å². The summed E-state index contributed by atoms with van der Waals surface area (Å²) in [6.07, 6.45) is 36.5. The predicted octanol–water partition coefficient (Wildman–Crippen LogP) is 17.7. The molecule has 2 nitrogen and oxygen atoms in total. The van der Waals surface area contributed by atoms with Gasteiger partial charge >= 0.3 is 155 Å². The van der Waals surface area contributed by atoms with Crippen molar-refractivity contribution in [2.75, 3.05) is 0 Å². The van der Waals surface area contributed by atoms with Gasteiger partial charge in [0.2, 0.25) is 11.4 Å². The topological polar surface area (TPSA) is 25.3 Å². The van der Waals surface area contributed by atoms with E-state index in [2.05, 4.69) is 90.1 Å². The Morgan fingerprint density at radius 1 is 0.444 bits per heavy atom. The predicted molar refractivity (Wildman–Crippen MR) is 237 cm³/mol. The monoisotopic (exact) mass is 783 g/mol. The first-order valence-electron chi connectivity index (χ1n) is 23.1. The van der Waals surface area contributed by atoms with Gasteiger partial charge < -0.3 is 5.53 Å². The van der Waals surface area contributed by atoms with E-state index in [1.165, 1.54) is 179 Å². The van der Waals surface area contributed by atoms with Crippen LogP contribution in [0.5, 0.6) is 0 Å². The minimum atomic E-state index is 0.943. The van der Waals surface area contributed by atoms with E-state index in [4.69, 9.17) is 0 Å². The molecule has 0 saturated heterocycles. The van der Waals surface area contributed by atoms with Crippen molar-refractivity contribution in [3.8, 4) is 0 Å². The summed E-state index contributed by atoms with van der Waals surface area (Å²) in [4.78, 5) is 0. The first kappa shape index (κ1) is 48.2. The van der Waals surface area contributed by atoms with Gasteiger partial charge in [-0.3, -0.25) is 0 Å². The average molecular weight is 784 g/mol. The molecule has 0 N–H and O–H groups in total. The third-order valence-corrected chi connectivity index (χ3v) is 12.4. The average Bonchev–Trinajstić information content (AvgIpc) is 3.44. The molecule has 0 fully saturated rings. The Bertz CT molecular complexity index is 1300. The normalized spacial score (nSPS) is 13.0. The maximum atomic E-state index is 11.4. The van der Waals surface area contributed by atoms with Crippen LogP contribution in [0.15, 0.2) is 59.7 Å². The van der Waals surface area contributed by atoms with Crippen molar-refractivity contribution in [2.24, 2.45) is 0 Å². The second-order valence-corrected chi connectivity index (χ2v) is 17.4. The molecule has 1 aliphatic heterocycles. The number of unbranched alkanes of at least 4 members (excludes halogenated alkanes) is 19. The fraction of sp³-hybridized carbons (Fsp3) is 0.686. The number of rotatable bonds is 31. The van der Waals surface area contributed by atoms with Crippen LogP contribution in [-0.2, 0) is 27.3 Å². The molecule has 308 valence electrons. The summed E-state index contributed by atoms with van der Waals surface area (Å²) in [5.41, 5.74) is 20.8. The number of allylic oxidation sites excluding steroid dienone is 2. The quantitative estimate of drug-likeness (QED) is 0.0413. The summed E-state index contributed by atoms with van der Waals surface area (Å²) >= 11 is 2.03. The molecule has 54 heavy (non-hydrogen) atoms. The molecule has 0 bridgehead atoms. The van der Waals surface area contributed by atoms with Gasteiger partial charge in [-0.1, -0.05) is 64.3 Å². The molecule has 3 heteroatoms. The van der Waals surface area contributed by atoms with Crippen LogP contribution in [0.25, 0.3) is 16.9 Å². The maximum absolute atomic E-state index is 11.4. The summed E-state index contributed by atoms with van der Waals surface area (Å²) in [6.45, 7) is 13.5. The van der Waals surface area contributed by atoms with Crippen LogP contribution in [0.3, 0.4) is 0 Å². The summed E-state index contributed by atoms with van der Waals surface area (Å²) < 4.78 is 1.47. The van der Waals surface area contributed by atoms with E-state index in [0.717, 1.165) is 54.6 Å². The SMILES string of the molecule is CCCCC1=C(c2cccc(CCCC)c2)[N+](=[N-])C(c2cccc(CCCC)c2)=C1C.CCCCCCCCCC[CH2][Ni][CH2]CCCCCCCCCC. The Morgan fingerprint density at radius 2 is 0.815 bits per heavy atom. The van der Waals surface area contributed by atoms with Crippen LogP contribution in [0.4, 0.5) is 0 Å². The fourth-order valence-corrected chi connectivity index (χ4v) is 8.77. The zero-order valence-corrected chi connectivity index (χ0v) is 37.3. The fourth-order valence-electron chi connectivity index (χ4n) is 7.54. The van der Waals surface area contributed by atoms with E-state index in [0.29, 0.717) is 0 Å². The molecule has 0 saturated carbocycles. The van der Waals surface area contributed by atoms with Gasteiger partial charge in [-0.25, -0.2) is 4.70 Å². The summed E-state index contributed by atoms with van der Waals surface area (Å²) in [5.74, 6) is 0. The molecule has 0 aliphatic carbocycles. The number of hydrogen-bond acceptors (Lipinski definition) is 0. The van der Waals surface area contributed by atoms with Crippen molar-refractivity contribution in [1.29, 1.82) is 0 Å². The second-order valence-electron chi connectivity index (χ2n) is 16.0. The molecule has 1 aliphatic rings. The van der Waals surface area contributed by atoms with Crippen molar-refractivity contribution in [3.05, 3.63) is 87.5 Å². The molecule has 0 unspecified atom stereocenters. The molecule has 2 aromatic carbocycles. The van der Waals surface area contributed by atoms with Crippen molar-refractivity contribution >= 4 is 11.4 Å². The van der Waals surface area contributed by atoms with Crippen molar-refractivity contribution in [2.45, 2.75) is 226 Å². The van der Waals surface area contributed by atoms with Crippen LogP contribution in [0, 0.1) is 0 Å². The van der Waals surface area contributed by atoms with Gasteiger partial charge in [-0.05, 0) is 80.8 Å². The molecule has 0 spiro atoms. The zero-order valence-electron chi connectivity index (χ0n) is 36.3. The Hall–Kier alpha value is -1.99. The zero-order chi connectivity index (χ0) is 39.1. The van der Waals surface area contributed by atoms with E-state index < -0.39 is 0 Å². The van der Waals surface area contributed by atoms with Crippen LogP contribution in [0.1, 0.15) is 224 Å². The molecule has 0 atom stereocenters. The second kappa shape index (κ2) is 32.1. The van der Waals surface area contributed by atoms with E-state index in [1.807, 2.05) is 14.4 Å². The first-order valence-corrected chi connectivity index (χ1v) is 24.5. The Labute approximate surface area is 342 Å². The van der Waals surface area contributed by atoms with Crippen molar-refractivity contribution in [1.82, 2.24) is 0 Å². The van der Waals surface area contributed by atoms with E-state index >= 15 is 0 Å². The van der Waals surface area contributed by atoms with Gasteiger partial charge in [0, 0.05) is 22.3 Å². The van der Waals surface area contributed by atoms with Crippen LogP contribution >= 0.6 is 0 Å². The third-order valence-electron chi connectivity index (χ3n) is 11.0. The molecule has 3 rings (SSSR count). The van der Waals surface area contributed by atoms with Gasteiger partial charge in [0.05, 0.1) is 0 Å². The van der Waals surface area contributed by atoms with Crippen molar-refractivity contribution < 1.29 is 19.1 Å². The first-order chi connectivity index (χ1) is 26.5. The van der Waals surface area contributed by atoms with Crippen LogP contribution < -0.4 is 0 Å². The molecule has 0 aromatic heterocycles.